The van der Waals surface area contributed by atoms with E-state index in [4.69, 9.17) is 9.47 Å². The number of hydrogen-bond acceptors (Lipinski definition) is 9. The van der Waals surface area contributed by atoms with Gasteiger partial charge in [-0.05, 0) is 90.8 Å². The first-order valence-electron chi connectivity index (χ1n) is 25.5. The lowest BCUT2D eigenvalue weighted by atomic mass is 10.0. The zero-order chi connectivity index (χ0) is 44.2. The summed E-state index contributed by atoms with van der Waals surface area (Å²) in [7, 11) is 1.75. The van der Waals surface area contributed by atoms with Crippen molar-refractivity contribution in [2.24, 2.45) is 0 Å². The Morgan fingerprint density at radius 1 is 0.533 bits per heavy atom. The van der Waals surface area contributed by atoms with Crippen LogP contribution in [0.25, 0.3) is 0 Å². The third kappa shape index (κ3) is 37.4. The molecule has 0 aromatic carbocycles. The molecule has 60 heavy (non-hydrogen) atoms. The second kappa shape index (κ2) is 44.6. The van der Waals surface area contributed by atoms with E-state index in [-0.39, 0.29) is 18.0 Å². The maximum absolute atomic E-state index is 12.9. The standard InChI is InChI=1S/C51H97N3O6/c1-6-9-12-15-18-23-30-38-49(57)59-44-34-27-20-26-33-42-54(43-35-40-53-51(46(4)52-5)48(56)45-55)41-32-25-19-24-31-39-50(58)60-47(36-28-21-16-13-10-7-2)37-29-22-17-14-11-8-3/h45,47,52-53H,6-44H2,1-5H3/b51-46-. The van der Waals surface area contributed by atoms with Gasteiger partial charge in [0, 0.05) is 32.1 Å². The molecule has 0 aromatic rings. The normalized spacial score (nSPS) is 11.8. The van der Waals surface area contributed by atoms with Crippen LogP contribution in [0.4, 0.5) is 0 Å². The highest BCUT2D eigenvalue weighted by molar-refractivity contribution is 6.32. The molecule has 0 aliphatic heterocycles. The Labute approximate surface area is 370 Å². The average molecular weight is 848 g/mol. The molecule has 0 aromatic heterocycles. The van der Waals surface area contributed by atoms with E-state index in [0.717, 1.165) is 129 Å². The van der Waals surface area contributed by atoms with Gasteiger partial charge in [-0.25, -0.2) is 0 Å². The van der Waals surface area contributed by atoms with E-state index in [1.54, 1.807) is 14.0 Å². The predicted octanol–water partition coefficient (Wildman–Crippen LogP) is 12.9. The lowest BCUT2D eigenvalue weighted by Gasteiger charge is -2.23. The van der Waals surface area contributed by atoms with E-state index in [0.29, 0.717) is 43.7 Å². The van der Waals surface area contributed by atoms with Crippen molar-refractivity contribution in [1.82, 2.24) is 15.5 Å². The minimum atomic E-state index is -0.531. The van der Waals surface area contributed by atoms with Gasteiger partial charge in [-0.3, -0.25) is 19.2 Å². The molecule has 0 saturated carbocycles. The number of carbonyl (C=O) groups excluding carboxylic acids is 4. The first-order chi connectivity index (χ1) is 29.3. The minimum absolute atomic E-state index is 0.00526. The lowest BCUT2D eigenvalue weighted by Crippen LogP contribution is -2.31. The Bertz CT molecular complexity index is 1030. The van der Waals surface area contributed by atoms with Crippen molar-refractivity contribution in [2.45, 2.75) is 252 Å². The molecule has 9 nitrogen and oxygen atoms in total. The molecule has 0 aliphatic rings. The molecule has 0 radical (unpaired) electrons. The van der Waals surface area contributed by atoms with Gasteiger partial charge in [-0.2, -0.15) is 0 Å². The highest BCUT2D eigenvalue weighted by atomic mass is 16.5. The molecule has 0 saturated heterocycles. The predicted molar refractivity (Wildman–Crippen MR) is 252 cm³/mol. The van der Waals surface area contributed by atoms with Gasteiger partial charge in [0.05, 0.1) is 6.61 Å². The summed E-state index contributed by atoms with van der Waals surface area (Å²) in [5.74, 6) is -0.581. The summed E-state index contributed by atoms with van der Waals surface area (Å²) >= 11 is 0. The van der Waals surface area contributed by atoms with Crippen LogP contribution < -0.4 is 10.6 Å². The first kappa shape index (κ1) is 57.6. The molecule has 0 amide bonds. The van der Waals surface area contributed by atoms with Crippen molar-refractivity contribution < 1.29 is 28.7 Å². The maximum Gasteiger partial charge on any atom is 0.306 e. The summed E-state index contributed by atoms with van der Waals surface area (Å²) in [6.45, 7) is 12.7. The van der Waals surface area contributed by atoms with Crippen molar-refractivity contribution in [1.29, 1.82) is 0 Å². The van der Waals surface area contributed by atoms with E-state index in [2.05, 4.69) is 36.3 Å². The van der Waals surface area contributed by atoms with Crippen molar-refractivity contribution in [3.63, 3.8) is 0 Å². The second-order valence-corrected chi connectivity index (χ2v) is 17.5. The monoisotopic (exact) mass is 848 g/mol. The third-order valence-corrected chi connectivity index (χ3v) is 11.8. The fourth-order valence-corrected chi connectivity index (χ4v) is 7.84. The number of ketones is 1. The summed E-state index contributed by atoms with van der Waals surface area (Å²) < 4.78 is 11.5. The number of aldehydes is 1. The molecule has 0 fully saturated rings. The fraction of sp³-hybridized carbons (Fsp3) is 0.882. The van der Waals surface area contributed by atoms with Crippen molar-refractivity contribution in [3.05, 3.63) is 11.4 Å². The van der Waals surface area contributed by atoms with E-state index < -0.39 is 5.78 Å². The van der Waals surface area contributed by atoms with Crippen LogP contribution in [0.1, 0.15) is 246 Å². The van der Waals surface area contributed by atoms with Crippen molar-refractivity contribution in [2.75, 3.05) is 39.8 Å². The van der Waals surface area contributed by atoms with Crippen LogP contribution >= 0.6 is 0 Å². The van der Waals surface area contributed by atoms with Crippen LogP contribution in [-0.4, -0.2) is 74.8 Å². The summed E-state index contributed by atoms with van der Waals surface area (Å²) in [4.78, 5) is 50.8. The van der Waals surface area contributed by atoms with Crippen molar-refractivity contribution >= 4 is 24.0 Å². The summed E-state index contributed by atoms with van der Waals surface area (Å²) in [5, 5.41) is 6.16. The number of hydrogen-bond donors (Lipinski definition) is 2. The Morgan fingerprint density at radius 3 is 1.43 bits per heavy atom. The smallest absolute Gasteiger partial charge is 0.306 e. The summed E-state index contributed by atoms with van der Waals surface area (Å²) in [6, 6.07) is 0. The molecule has 0 bridgehead atoms. The van der Waals surface area contributed by atoms with Crippen LogP contribution in [0, 0.1) is 0 Å². The Balaban J connectivity index is 4.62. The maximum atomic E-state index is 12.9. The first-order valence-corrected chi connectivity index (χ1v) is 25.5. The number of ether oxygens (including phenoxy) is 2. The number of carbonyl (C=O) groups is 4. The molecule has 2 N–H and O–H groups in total. The van der Waals surface area contributed by atoms with Gasteiger partial charge in [0.1, 0.15) is 11.8 Å². The third-order valence-electron chi connectivity index (χ3n) is 11.8. The second-order valence-electron chi connectivity index (χ2n) is 17.5. The molecular weight excluding hydrogens is 751 g/mol. The number of allylic oxidation sites excluding steroid dienone is 2. The largest absolute Gasteiger partial charge is 0.466 e. The van der Waals surface area contributed by atoms with E-state index in [1.165, 1.54) is 96.3 Å². The average Bonchev–Trinajstić information content (AvgIpc) is 3.25. The quantitative estimate of drug-likeness (QED) is 0.0203. The van der Waals surface area contributed by atoms with Crippen LogP contribution in [-0.2, 0) is 28.7 Å². The molecule has 0 atom stereocenters. The number of Topliss-reactive ketones (excluding diaryl/α,β-unsaturated/α-hetero) is 1. The van der Waals surface area contributed by atoms with E-state index >= 15 is 0 Å². The van der Waals surface area contributed by atoms with Crippen LogP contribution in [0.15, 0.2) is 11.4 Å². The number of esters is 2. The molecule has 0 rings (SSSR count). The molecule has 0 spiro atoms. The zero-order valence-electron chi connectivity index (χ0n) is 40.1. The molecule has 0 unspecified atom stereocenters. The van der Waals surface area contributed by atoms with Gasteiger partial charge >= 0.3 is 11.9 Å². The number of nitrogens with zero attached hydrogens (tertiary/aromatic N) is 1. The highest BCUT2D eigenvalue weighted by Gasteiger charge is 2.15. The molecule has 0 aliphatic carbocycles. The lowest BCUT2D eigenvalue weighted by molar-refractivity contribution is -0.150. The topological polar surface area (TPSA) is 114 Å². The Kier molecular flexibility index (Phi) is 42.8. The van der Waals surface area contributed by atoms with Crippen molar-refractivity contribution in [3.8, 4) is 0 Å². The summed E-state index contributed by atoms with van der Waals surface area (Å²) in [6.07, 6.45) is 38.8. The van der Waals surface area contributed by atoms with Gasteiger partial charge in [-0.15, -0.1) is 0 Å². The van der Waals surface area contributed by atoms with Gasteiger partial charge in [0.2, 0.25) is 5.78 Å². The number of unbranched alkanes of at least 4 members (excludes halogenated alkanes) is 24. The SMILES string of the molecule is CCCCCCCCCC(=O)OCCCCCCCN(CCCCCCCC(=O)OC(CCCCCCCC)CCCCCCCC)CCCN/C(C(=O)C=O)=C(/C)NC. The molecular formula is C51H97N3O6. The fourth-order valence-electron chi connectivity index (χ4n) is 7.84. The minimum Gasteiger partial charge on any atom is -0.466 e. The van der Waals surface area contributed by atoms with E-state index in [1.807, 2.05) is 0 Å². The Morgan fingerprint density at radius 2 is 0.950 bits per heavy atom. The summed E-state index contributed by atoms with van der Waals surface area (Å²) in [5.41, 5.74) is 1.01. The zero-order valence-corrected chi connectivity index (χ0v) is 40.1. The highest BCUT2D eigenvalue weighted by Crippen LogP contribution is 2.19. The molecule has 352 valence electrons. The molecule has 0 heterocycles. The van der Waals surface area contributed by atoms with Crippen LogP contribution in [0.2, 0.25) is 0 Å². The van der Waals surface area contributed by atoms with E-state index in [9.17, 15) is 19.2 Å². The molecule has 9 heteroatoms. The van der Waals surface area contributed by atoms with Crippen LogP contribution in [0.3, 0.4) is 0 Å². The van der Waals surface area contributed by atoms with Gasteiger partial charge < -0.3 is 25.0 Å². The van der Waals surface area contributed by atoms with Gasteiger partial charge in [0.25, 0.3) is 0 Å². The van der Waals surface area contributed by atoms with Gasteiger partial charge in [-0.1, -0.05) is 162 Å². The Hall–Kier alpha value is -2.42. The van der Waals surface area contributed by atoms with Gasteiger partial charge in [0.15, 0.2) is 6.29 Å². The van der Waals surface area contributed by atoms with Crippen LogP contribution in [0.5, 0.6) is 0 Å². The number of nitrogens with one attached hydrogen (secondary N) is 2. The number of rotatable bonds is 47.